The highest BCUT2D eigenvalue weighted by Crippen LogP contribution is 2.09. The molecule has 0 bridgehead atoms. The number of hydrogen-bond donors (Lipinski definition) is 3. The van der Waals surface area contributed by atoms with Gasteiger partial charge < -0.3 is 15.7 Å². The van der Waals surface area contributed by atoms with Crippen molar-refractivity contribution in [3.05, 3.63) is 48.6 Å². The number of carboxylic acid groups (broad SMARTS) is 1. The number of allylic oxidation sites excluding steroid dienone is 1. The maximum atomic E-state index is 12.4. The molecule has 1 rings (SSSR count). The van der Waals surface area contributed by atoms with Gasteiger partial charge in [-0.05, 0) is 24.8 Å². The zero-order valence-electron chi connectivity index (χ0n) is 17.2. The molecule has 0 unspecified atom stereocenters. The summed E-state index contributed by atoms with van der Waals surface area (Å²) in [6.45, 7) is 3.76. The smallest absolute Gasteiger partial charge is 0.305 e. The Bertz CT molecular complexity index is 631. The molecule has 3 N–H and O–H groups in total. The van der Waals surface area contributed by atoms with Crippen LogP contribution in [0, 0.1) is 0 Å². The highest BCUT2D eigenvalue weighted by Gasteiger charge is 2.21. The Hall–Kier alpha value is -2.63. The molecule has 160 valence electrons. The number of nitrogens with one attached hydrogen (secondary N) is 2. The Balaban J connectivity index is 2.42. The highest BCUT2D eigenvalue weighted by molar-refractivity contribution is 5.88. The van der Waals surface area contributed by atoms with E-state index in [0.29, 0.717) is 12.8 Å². The molecule has 0 aliphatic heterocycles. The quantitative estimate of drug-likeness (QED) is 0.291. The SMILES string of the molecule is C=CCCCCCCCCC(=O)N[C@@H](Cc1ccccc1)C(=O)NCCC(=O)O. The number of benzene rings is 1. The van der Waals surface area contributed by atoms with Gasteiger partial charge in [-0.15, -0.1) is 6.58 Å². The van der Waals surface area contributed by atoms with Crippen LogP contribution in [0.4, 0.5) is 0 Å². The normalized spacial score (nSPS) is 11.4. The third kappa shape index (κ3) is 12.4. The third-order valence-corrected chi connectivity index (χ3v) is 4.63. The van der Waals surface area contributed by atoms with Crippen LogP contribution in [0.2, 0.25) is 0 Å². The highest BCUT2D eigenvalue weighted by atomic mass is 16.4. The van der Waals surface area contributed by atoms with E-state index in [1.165, 1.54) is 12.8 Å². The predicted molar refractivity (Wildman–Crippen MR) is 114 cm³/mol. The summed E-state index contributed by atoms with van der Waals surface area (Å²) in [7, 11) is 0. The number of rotatable bonds is 16. The van der Waals surface area contributed by atoms with Gasteiger partial charge in [0.15, 0.2) is 0 Å². The van der Waals surface area contributed by atoms with Crippen LogP contribution in [-0.4, -0.2) is 35.5 Å². The number of aliphatic carboxylic acids is 1. The van der Waals surface area contributed by atoms with Crippen LogP contribution in [0.15, 0.2) is 43.0 Å². The number of carboxylic acids is 1. The van der Waals surface area contributed by atoms with Crippen LogP contribution in [0.5, 0.6) is 0 Å². The third-order valence-electron chi connectivity index (χ3n) is 4.63. The monoisotopic (exact) mass is 402 g/mol. The molecule has 0 radical (unpaired) electrons. The summed E-state index contributed by atoms with van der Waals surface area (Å²) in [5, 5.41) is 14.1. The average Bonchev–Trinajstić information content (AvgIpc) is 2.70. The summed E-state index contributed by atoms with van der Waals surface area (Å²) in [5.41, 5.74) is 0.936. The molecule has 0 aromatic heterocycles. The van der Waals surface area contributed by atoms with Crippen LogP contribution in [0.1, 0.15) is 63.4 Å². The molecule has 0 aliphatic rings. The van der Waals surface area contributed by atoms with Gasteiger partial charge in [-0.25, -0.2) is 0 Å². The number of carbonyl (C=O) groups excluding carboxylic acids is 2. The minimum absolute atomic E-state index is 0.0428. The molecule has 1 aromatic rings. The molecule has 6 heteroatoms. The van der Waals surface area contributed by atoms with E-state index < -0.39 is 12.0 Å². The summed E-state index contributed by atoms with van der Waals surface area (Å²) in [5.74, 6) is -1.48. The minimum Gasteiger partial charge on any atom is -0.481 e. The molecule has 0 aliphatic carbocycles. The Morgan fingerprint density at radius 3 is 2.28 bits per heavy atom. The first-order valence-corrected chi connectivity index (χ1v) is 10.5. The van der Waals surface area contributed by atoms with Gasteiger partial charge in [-0.1, -0.05) is 62.1 Å². The standard InChI is InChI=1S/C23H34N2O4/c1-2-3-4-5-6-7-8-12-15-21(26)25-20(18-19-13-10-9-11-14-19)23(29)24-17-16-22(27)28/h2,9-11,13-14,20H,1,3-8,12,15-18H2,(H,24,29)(H,25,26)(H,27,28)/t20-/m0/s1. The first-order chi connectivity index (χ1) is 14.0. The molecule has 0 saturated heterocycles. The number of hydrogen-bond acceptors (Lipinski definition) is 3. The number of amides is 2. The van der Waals surface area contributed by atoms with Gasteiger partial charge in [0, 0.05) is 19.4 Å². The van der Waals surface area contributed by atoms with Gasteiger partial charge >= 0.3 is 5.97 Å². The molecule has 6 nitrogen and oxygen atoms in total. The lowest BCUT2D eigenvalue weighted by Gasteiger charge is -2.18. The van der Waals surface area contributed by atoms with Gasteiger partial charge in [0.2, 0.25) is 11.8 Å². The van der Waals surface area contributed by atoms with Crippen LogP contribution in [0.3, 0.4) is 0 Å². The van der Waals surface area contributed by atoms with Crippen LogP contribution in [0.25, 0.3) is 0 Å². The lowest BCUT2D eigenvalue weighted by Crippen LogP contribution is -2.48. The van der Waals surface area contributed by atoms with Crippen molar-refractivity contribution in [2.24, 2.45) is 0 Å². The number of carbonyl (C=O) groups is 3. The van der Waals surface area contributed by atoms with Crippen LogP contribution in [-0.2, 0) is 20.8 Å². The maximum absolute atomic E-state index is 12.4. The Morgan fingerprint density at radius 2 is 1.62 bits per heavy atom. The second-order valence-corrected chi connectivity index (χ2v) is 7.19. The van der Waals surface area contributed by atoms with Gasteiger partial charge in [0.25, 0.3) is 0 Å². The van der Waals surface area contributed by atoms with Crippen molar-refractivity contribution in [1.82, 2.24) is 10.6 Å². The molecule has 0 fully saturated rings. The second kappa shape index (κ2) is 15.3. The van der Waals surface area contributed by atoms with Gasteiger partial charge in [0.05, 0.1) is 6.42 Å². The summed E-state index contributed by atoms with van der Waals surface area (Å²) in [6, 6.07) is 8.74. The lowest BCUT2D eigenvalue weighted by molar-refractivity contribution is -0.137. The fourth-order valence-corrected chi connectivity index (χ4v) is 3.02. The molecular formula is C23H34N2O4. The summed E-state index contributed by atoms with van der Waals surface area (Å²) >= 11 is 0. The maximum Gasteiger partial charge on any atom is 0.305 e. The van der Waals surface area contributed by atoms with Gasteiger partial charge in [-0.2, -0.15) is 0 Å². The molecule has 0 heterocycles. The fourth-order valence-electron chi connectivity index (χ4n) is 3.02. The van der Waals surface area contributed by atoms with Gasteiger partial charge in [-0.3, -0.25) is 14.4 Å². The van der Waals surface area contributed by atoms with E-state index in [-0.39, 0.29) is 24.8 Å². The largest absolute Gasteiger partial charge is 0.481 e. The minimum atomic E-state index is -0.974. The first kappa shape index (κ1) is 24.4. The van der Waals surface area contributed by atoms with Crippen LogP contribution >= 0.6 is 0 Å². The first-order valence-electron chi connectivity index (χ1n) is 10.5. The fraction of sp³-hybridized carbons (Fsp3) is 0.522. The van der Waals surface area contributed by atoms with E-state index in [2.05, 4.69) is 17.2 Å². The van der Waals surface area contributed by atoms with Crippen molar-refractivity contribution < 1.29 is 19.5 Å². The van der Waals surface area contributed by atoms with E-state index in [1.807, 2.05) is 36.4 Å². The van der Waals surface area contributed by atoms with Crippen molar-refractivity contribution in [2.75, 3.05) is 6.54 Å². The zero-order valence-corrected chi connectivity index (χ0v) is 17.2. The molecule has 0 spiro atoms. The van der Waals surface area contributed by atoms with Crippen molar-refractivity contribution in [3.63, 3.8) is 0 Å². The van der Waals surface area contributed by atoms with Crippen molar-refractivity contribution in [1.29, 1.82) is 0 Å². The second-order valence-electron chi connectivity index (χ2n) is 7.19. The Labute approximate surface area is 173 Å². The Kier molecular flexibility index (Phi) is 12.9. The predicted octanol–water partition coefficient (Wildman–Crippen LogP) is 3.61. The van der Waals surface area contributed by atoms with Crippen LogP contribution < -0.4 is 10.6 Å². The van der Waals surface area contributed by atoms with Gasteiger partial charge in [0.1, 0.15) is 6.04 Å². The lowest BCUT2D eigenvalue weighted by atomic mass is 10.0. The van der Waals surface area contributed by atoms with E-state index in [9.17, 15) is 14.4 Å². The van der Waals surface area contributed by atoms with Crippen molar-refractivity contribution >= 4 is 17.8 Å². The van der Waals surface area contributed by atoms with E-state index in [0.717, 1.165) is 37.7 Å². The average molecular weight is 403 g/mol. The molecule has 29 heavy (non-hydrogen) atoms. The molecule has 1 atom stereocenters. The Morgan fingerprint density at radius 1 is 0.966 bits per heavy atom. The number of unbranched alkanes of at least 4 members (excludes halogenated alkanes) is 6. The summed E-state index contributed by atoms with van der Waals surface area (Å²) in [4.78, 5) is 35.4. The zero-order chi connectivity index (χ0) is 21.3. The molecule has 1 aromatic carbocycles. The van der Waals surface area contributed by atoms with E-state index in [1.54, 1.807) is 0 Å². The van der Waals surface area contributed by atoms with Crippen molar-refractivity contribution in [3.8, 4) is 0 Å². The summed E-state index contributed by atoms with van der Waals surface area (Å²) < 4.78 is 0. The molecule has 2 amide bonds. The topological polar surface area (TPSA) is 95.5 Å². The van der Waals surface area contributed by atoms with E-state index in [4.69, 9.17) is 5.11 Å². The molecule has 0 saturated carbocycles. The van der Waals surface area contributed by atoms with E-state index >= 15 is 0 Å². The summed E-state index contributed by atoms with van der Waals surface area (Å²) in [6.07, 6.45) is 10.0. The van der Waals surface area contributed by atoms with Crippen molar-refractivity contribution in [2.45, 2.75) is 70.3 Å². The molecular weight excluding hydrogens is 368 g/mol.